The number of nitrogens with zero attached hydrogens (tertiary/aromatic N) is 3. The standard InChI is InChI=1S/C17H19ClN4O3/c1-25-9-8-21-6-7-22-11-14(20-15(22)17(21)24)16(23)19-10-12-2-4-13(18)5-3-12/h2-5,11H,6-10H2,1H3,(H,19,23). The molecular formula is C17H19ClN4O3. The fourth-order valence-corrected chi connectivity index (χ4v) is 2.75. The van der Waals surface area contributed by atoms with Gasteiger partial charge in [-0.25, -0.2) is 4.98 Å². The van der Waals surface area contributed by atoms with E-state index in [9.17, 15) is 9.59 Å². The van der Waals surface area contributed by atoms with Crippen molar-refractivity contribution in [2.24, 2.45) is 0 Å². The smallest absolute Gasteiger partial charge is 0.290 e. The number of aromatic nitrogens is 2. The maximum Gasteiger partial charge on any atom is 0.290 e. The molecule has 0 atom stereocenters. The van der Waals surface area contributed by atoms with Crippen molar-refractivity contribution >= 4 is 23.4 Å². The number of amides is 2. The number of methoxy groups -OCH3 is 1. The van der Waals surface area contributed by atoms with Crippen molar-refractivity contribution in [3.63, 3.8) is 0 Å². The Labute approximate surface area is 150 Å². The van der Waals surface area contributed by atoms with Gasteiger partial charge in [0.15, 0.2) is 5.82 Å². The molecule has 8 heteroatoms. The lowest BCUT2D eigenvalue weighted by Crippen LogP contribution is -2.42. The van der Waals surface area contributed by atoms with Crippen LogP contribution in [-0.4, -0.2) is 53.1 Å². The summed E-state index contributed by atoms with van der Waals surface area (Å²) >= 11 is 5.84. The van der Waals surface area contributed by atoms with E-state index in [1.165, 1.54) is 0 Å². The van der Waals surface area contributed by atoms with E-state index in [0.717, 1.165) is 5.56 Å². The molecule has 1 aliphatic heterocycles. The fourth-order valence-electron chi connectivity index (χ4n) is 2.63. The average molecular weight is 363 g/mol. The molecule has 0 aliphatic carbocycles. The van der Waals surface area contributed by atoms with Crippen LogP contribution in [-0.2, 0) is 17.8 Å². The number of benzene rings is 1. The SMILES string of the molecule is COCCN1CCn2cc(C(=O)NCc3ccc(Cl)cc3)nc2C1=O. The lowest BCUT2D eigenvalue weighted by Gasteiger charge is -2.26. The van der Waals surface area contributed by atoms with Crippen LogP contribution in [0.2, 0.25) is 5.02 Å². The first-order valence-electron chi connectivity index (χ1n) is 7.96. The molecule has 1 aliphatic rings. The van der Waals surface area contributed by atoms with Gasteiger partial charge < -0.3 is 19.5 Å². The maximum atomic E-state index is 12.4. The highest BCUT2D eigenvalue weighted by Crippen LogP contribution is 2.13. The molecule has 3 rings (SSSR count). The van der Waals surface area contributed by atoms with Crippen LogP contribution in [0.25, 0.3) is 0 Å². The maximum absolute atomic E-state index is 12.4. The summed E-state index contributed by atoms with van der Waals surface area (Å²) in [5.41, 5.74) is 1.18. The van der Waals surface area contributed by atoms with E-state index in [2.05, 4.69) is 10.3 Å². The Morgan fingerprint density at radius 1 is 1.32 bits per heavy atom. The van der Waals surface area contributed by atoms with E-state index < -0.39 is 0 Å². The monoisotopic (exact) mass is 362 g/mol. The fraction of sp³-hybridized carbons (Fsp3) is 0.353. The Bertz CT molecular complexity index is 773. The van der Waals surface area contributed by atoms with Gasteiger partial charge in [-0.1, -0.05) is 23.7 Å². The minimum Gasteiger partial charge on any atom is -0.383 e. The molecule has 2 aromatic rings. The largest absolute Gasteiger partial charge is 0.383 e. The highest BCUT2D eigenvalue weighted by Gasteiger charge is 2.27. The third-order valence-electron chi connectivity index (χ3n) is 4.03. The molecular weight excluding hydrogens is 344 g/mol. The van der Waals surface area contributed by atoms with Crippen LogP contribution in [0.15, 0.2) is 30.5 Å². The Morgan fingerprint density at radius 3 is 2.80 bits per heavy atom. The van der Waals surface area contributed by atoms with Crippen molar-refractivity contribution in [2.45, 2.75) is 13.1 Å². The number of carbonyl (C=O) groups excluding carboxylic acids is 2. The van der Waals surface area contributed by atoms with Crippen LogP contribution >= 0.6 is 11.6 Å². The zero-order valence-electron chi connectivity index (χ0n) is 13.9. The molecule has 0 unspecified atom stereocenters. The van der Waals surface area contributed by atoms with Crippen LogP contribution in [0.3, 0.4) is 0 Å². The molecule has 132 valence electrons. The van der Waals surface area contributed by atoms with Gasteiger partial charge in [0.1, 0.15) is 5.69 Å². The first-order chi connectivity index (χ1) is 12.1. The molecule has 0 radical (unpaired) electrons. The first-order valence-corrected chi connectivity index (χ1v) is 8.34. The number of fused-ring (bicyclic) bond motifs is 1. The molecule has 0 saturated heterocycles. The van der Waals surface area contributed by atoms with E-state index in [1.54, 1.807) is 34.9 Å². The van der Waals surface area contributed by atoms with Gasteiger partial charge in [0.2, 0.25) is 0 Å². The Morgan fingerprint density at radius 2 is 2.08 bits per heavy atom. The second kappa shape index (κ2) is 7.67. The van der Waals surface area contributed by atoms with Crippen LogP contribution in [0.5, 0.6) is 0 Å². The lowest BCUT2D eigenvalue weighted by molar-refractivity contribution is 0.0633. The Hall–Kier alpha value is -2.38. The van der Waals surface area contributed by atoms with Gasteiger partial charge in [-0.3, -0.25) is 9.59 Å². The summed E-state index contributed by atoms with van der Waals surface area (Å²) in [6.45, 7) is 2.55. The molecule has 0 saturated carbocycles. The second-order valence-corrected chi connectivity index (χ2v) is 6.17. The van der Waals surface area contributed by atoms with E-state index in [4.69, 9.17) is 16.3 Å². The summed E-state index contributed by atoms with van der Waals surface area (Å²) in [7, 11) is 1.60. The summed E-state index contributed by atoms with van der Waals surface area (Å²) in [6.07, 6.45) is 1.62. The number of rotatable bonds is 6. The molecule has 0 fully saturated rings. The summed E-state index contributed by atoms with van der Waals surface area (Å²) in [4.78, 5) is 30.6. The van der Waals surface area contributed by atoms with Crippen LogP contribution in [0.1, 0.15) is 26.7 Å². The lowest BCUT2D eigenvalue weighted by atomic mass is 10.2. The second-order valence-electron chi connectivity index (χ2n) is 5.74. The van der Waals surface area contributed by atoms with E-state index >= 15 is 0 Å². The van der Waals surface area contributed by atoms with Crippen molar-refractivity contribution in [1.82, 2.24) is 19.8 Å². The molecule has 7 nitrogen and oxygen atoms in total. The zero-order valence-corrected chi connectivity index (χ0v) is 14.6. The predicted molar refractivity (Wildman–Crippen MR) is 92.6 cm³/mol. The molecule has 2 heterocycles. The molecule has 0 spiro atoms. The molecule has 1 aromatic heterocycles. The van der Waals surface area contributed by atoms with Crippen LogP contribution in [0, 0.1) is 0 Å². The quantitative estimate of drug-likeness (QED) is 0.846. The van der Waals surface area contributed by atoms with Crippen LogP contribution in [0.4, 0.5) is 0 Å². The predicted octanol–water partition coefficient (Wildman–Crippen LogP) is 1.57. The number of hydrogen-bond acceptors (Lipinski definition) is 4. The molecule has 0 bridgehead atoms. The number of nitrogens with one attached hydrogen (secondary N) is 1. The van der Waals surface area contributed by atoms with E-state index in [0.29, 0.717) is 43.6 Å². The van der Waals surface area contributed by atoms with Crippen molar-refractivity contribution < 1.29 is 14.3 Å². The van der Waals surface area contributed by atoms with Crippen molar-refractivity contribution in [1.29, 1.82) is 0 Å². The first kappa shape index (κ1) is 17.4. The minimum atomic E-state index is -0.312. The third-order valence-corrected chi connectivity index (χ3v) is 4.28. The van der Waals surface area contributed by atoms with Crippen LogP contribution < -0.4 is 5.32 Å². The number of hydrogen-bond donors (Lipinski definition) is 1. The Balaban J connectivity index is 1.65. The van der Waals surface area contributed by atoms with Crippen molar-refractivity contribution in [3.05, 3.63) is 52.6 Å². The van der Waals surface area contributed by atoms with Gasteiger partial charge >= 0.3 is 0 Å². The number of halogens is 1. The van der Waals surface area contributed by atoms with E-state index in [-0.39, 0.29) is 17.5 Å². The third kappa shape index (κ3) is 4.00. The summed E-state index contributed by atoms with van der Waals surface area (Å²) in [6, 6.07) is 7.23. The van der Waals surface area contributed by atoms with E-state index in [1.807, 2.05) is 12.1 Å². The molecule has 25 heavy (non-hydrogen) atoms. The molecule has 2 amide bonds. The summed E-state index contributed by atoms with van der Waals surface area (Å²) in [5.74, 6) is -0.202. The number of imidazole rings is 1. The summed E-state index contributed by atoms with van der Waals surface area (Å²) < 4.78 is 6.74. The van der Waals surface area contributed by atoms with Crippen molar-refractivity contribution in [3.8, 4) is 0 Å². The number of carbonyl (C=O) groups is 2. The zero-order chi connectivity index (χ0) is 17.8. The van der Waals surface area contributed by atoms with Gasteiger partial charge in [-0.15, -0.1) is 0 Å². The van der Waals surface area contributed by atoms with Gasteiger partial charge in [0, 0.05) is 44.5 Å². The summed E-state index contributed by atoms with van der Waals surface area (Å²) in [5, 5.41) is 3.45. The van der Waals surface area contributed by atoms with Gasteiger partial charge in [-0.05, 0) is 17.7 Å². The van der Waals surface area contributed by atoms with Gasteiger partial charge in [0.05, 0.1) is 6.61 Å². The normalized spacial score (nSPS) is 13.7. The number of ether oxygens (including phenoxy) is 1. The average Bonchev–Trinajstić information content (AvgIpc) is 3.06. The van der Waals surface area contributed by atoms with Gasteiger partial charge in [-0.2, -0.15) is 0 Å². The highest BCUT2D eigenvalue weighted by atomic mass is 35.5. The van der Waals surface area contributed by atoms with Gasteiger partial charge in [0.25, 0.3) is 11.8 Å². The van der Waals surface area contributed by atoms with Crippen molar-refractivity contribution in [2.75, 3.05) is 26.8 Å². The highest BCUT2D eigenvalue weighted by molar-refractivity contribution is 6.30. The molecule has 1 N–H and O–H groups in total. The minimum absolute atomic E-state index is 0.181. The Kier molecular flexibility index (Phi) is 5.35. The topological polar surface area (TPSA) is 76.5 Å². The molecule has 1 aromatic carbocycles.